The van der Waals surface area contributed by atoms with Crippen LogP contribution in [0.2, 0.25) is 0 Å². The zero-order chi connectivity index (χ0) is 6.91. The first-order valence-electron chi connectivity index (χ1n) is 3.19. The van der Waals surface area contributed by atoms with Gasteiger partial charge in [0.2, 0.25) is 0 Å². The molecule has 1 rings (SSSR count). The molecule has 9 heavy (non-hydrogen) atoms. The zero-order valence-corrected chi connectivity index (χ0v) is 5.45. The van der Waals surface area contributed by atoms with Crippen LogP contribution < -0.4 is 5.32 Å². The minimum Gasteiger partial charge on any atom is -0.314 e. The van der Waals surface area contributed by atoms with Crippen molar-refractivity contribution in [3.8, 4) is 0 Å². The maximum atomic E-state index is 12.5. The minimum atomic E-state index is -2.45. The predicted octanol–water partition coefficient (Wildman–Crippen LogP) is 1.25. The zero-order valence-electron chi connectivity index (χ0n) is 5.45. The number of hydrogen-bond acceptors (Lipinski definition) is 1. The molecule has 1 aliphatic rings. The summed E-state index contributed by atoms with van der Waals surface area (Å²) in [5, 5.41) is 2.48. The number of halogens is 2. The van der Waals surface area contributed by atoms with Gasteiger partial charge in [-0.25, -0.2) is 8.78 Å². The number of rotatable bonds is 3. The highest BCUT2D eigenvalue weighted by Crippen LogP contribution is 2.42. The van der Waals surface area contributed by atoms with Crippen LogP contribution in [0.4, 0.5) is 8.78 Å². The molecule has 0 saturated heterocycles. The summed E-state index contributed by atoms with van der Waals surface area (Å²) in [6.45, 7) is -0.169. The SMILES string of the molecule is CNCC(F)(F)C1CC1. The van der Waals surface area contributed by atoms with Gasteiger partial charge < -0.3 is 5.32 Å². The molecule has 54 valence electrons. The Morgan fingerprint density at radius 1 is 1.56 bits per heavy atom. The number of alkyl halides is 2. The lowest BCUT2D eigenvalue weighted by atomic mass is 10.2. The van der Waals surface area contributed by atoms with Crippen LogP contribution in [0.25, 0.3) is 0 Å². The fraction of sp³-hybridized carbons (Fsp3) is 1.00. The van der Waals surface area contributed by atoms with Crippen molar-refractivity contribution < 1.29 is 8.78 Å². The third-order valence-corrected chi connectivity index (χ3v) is 1.59. The molecule has 1 nitrogen and oxygen atoms in total. The fourth-order valence-electron chi connectivity index (χ4n) is 0.886. The Hall–Kier alpha value is -0.180. The highest BCUT2D eigenvalue weighted by Gasteiger charge is 2.45. The van der Waals surface area contributed by atoms with Crippen LogP contribution in [0.3, 0.4) is 0 Å². The molecule has 1 saturated carbocycles. The lowest BCUT2D eigenvalue weighted by molar-refractivity contribution is -0.0190. The summed E-state index contributed by atoms with van der Waals surface area (Å²) >= 11 is 0. The van der Waals surface area contributed by atoms with Gasteiger partial charge in [0.1, 0.15) is 0 Å². The topological polar surface area (TPSA) is 12.0 Å². The van der Waals surface area contributed by atoms with E-state index >= 15 is 0 Å². The molecule has 0 aromatic rings. The van der Waals surface area contributed by atoms with E-state index in [-0.39, 0.29) is 12.5 Å². The van der Waals surface area contributed by atoms with E-state index in [1.807, 2.05) is 0 Å². The highest BCUT2D eigenvalue weighted by atomic mass is 19.3. The van der Waals surface area contributed by atoms with E-state index in [9.17, 15) is 8.78 Å². The summed E-state index contributed by atoms with van der Waals surface area (Å²) in [4.78, 5) is 0. The molecular formula is C6H11F2N. The standard InChI is InChI=1S/C6H11F2N/c1-9-4-6(7,8)5-2-3-5/h5,9H,2-4H2,1H3. The second-order valence-corrected chi connectivity index (χ2v) is 2.57. The molecule has 3 heteroatoms. The van der Waals surface area contributed by atoms with Crippen LogP contribution in [-0.2, 0) is 0 Å². The van der Waals surface area contributed by atoms with Crippen LogP contribution in [0.5, 0.6) is 0 Å². The van der Waals surface area contributed by atoms with Crippen molar-refractivity contribution in [1.82, 2.24) is 5.32 Å². The number of hydrogen-bond donors (Lipinski definition) is 1. The molecule has 0 aromatic heterocycles. The van der Waals surface area contributed by atoms with E-state index in [0.717, 1.165) is 0 Å². The van der Waals surface area contributed by atoms with Gasteiger partial charge in [-0.05, 0) is 19.9 Å². The molecule has 0 bridgehead atoms. The first kappa shape index (κ1) is 6.93. The highest BCUT2D eigenvalue weighted by molar-refractivity contribution is 4.88. The molecule has 1 N–H and O–H groups in total. The Balaban J connectivity index is 2.30. The maximum absolute atomic E-state index is 12.5. The molecule has 0 heterocycles. The van der Waals surface area contributed by atoms with Gasteiger partial charge in [-0.1, -0.05) is 0 Å². The van der Waals surface area contributed by atoms with E-state index in [1.54, 1.807) is 7.05 Å². The average Bonchev–Trinajstić information content (AvgIpc) is 2.41. The van der Waals surface area contributed by atoms with Gasteiger partial charge in [0.05, 0.1) is 6.54 Å². The third kappa shape index (κ3) is 1.61. The molecule has 0 unspecified atom stereocenters. The molecule has 0 atom stereocenters. The number of nitrogens with one attached hydrogen (secondary N) is 1. The minimum absolute atomic E-state index is 0.169. The molecule has 1 fully saturated rings. The van der Waals surface area contributed by atoms with Gasteiger partial charge in [-0.15, -0.1) is 0 Å². The van der Waals surface area contributed by atoms with Gasteiger partial charge in [0, 0.05) is 5.92 Å². The normalized spacial score (nSPS) is 20.3. The molecule has 1 aliphatic carbocycles. The summed E-state index contributed by atoms with van der Waals surface area (Å²) in [5.41, 5.74) is 0. The van der Waals surface area contributed by atoms with E-state index in [2.05, 4.69) is 5.32 Å². The molecule has 0 amide bonds. The van der Waals surface area contributed by atoms with Crippen LogP contribution in [0.15, 0.2) is 0 Å². The van der Waals surface area contributed by atoms with Crippen LogP contribution in [-0.4, -0.2) is 19.5 Å². The van der Waals surface area contributed by atoms with Crippen LogP contribution >= 0.6 is 0 Å². The van der Waals surface area contributed by atoms with E-state index in [4.69, 9.17) is 0 Å². The average molecular weight is 135 g/mol. The quantitative estimate of drug-likeness (QED) is 0.614. The van der Waals surface area contributed by atoms with Crippen molar-refractivity contribution >= 4 is 0 Å². The summed E-state index contributed by atoms with van der Waals surface area (Å²) in [5.74, 6) is -2.78. The summed E-state index contributed by atoms with van der Waals surface area (Å²) < 4.78 is 25.1. The molecular weight excluding hydrogens is 124 g/mol. The van der Waals surface area contributed by atoms with Gasteiger partial charge >= 0.3 is 0 Å². The molecule has 0 radical (unpaired) electrons. The van der Waals surface area contributed by atoms with Crippen molar-refractivity contribution in [1.29, 1.82) is 0 Å². The smallest absolute Gasteiger partial charge is 0.263 e. The maximum Gasteiger partial charge on any atom is 0.263 e. The Bertz CT molecular complexity index is 99.2. The second-order valence-electron chi connectivity index (χ2n) is 2.57. The predicted molar refractivity (Wildman–Crippen MR) is 31.6 cm³/mol. The van der Waals surface area contributed by atoms with Crippen LogP contribution in [0, 0.1) is 5.92 Å². The van der Waals surface area contributed by atoms with Gasteiger partial charge in [0.15, 0.2) is 0 Å². The van der Waals surface area contributed by atoms with Gasteiger partial charge in [-0.2, -0.15) is 0 Å². The van der Waals surface area contributed by atoms with Crippen molar-refractivity contribution in [3.63, 3.8) is 0 Å². The first-order chi connectivity index (χ1) is 4.17. The van der Waals surface area contributed by atoms with Gasteiger partial charge in [-0.3, -0.25) is 0 Å². The Kier molecular flexibility index (Phi) is 1.70. The lowest BCUT2D eigenvalue weighted by Crippen LogP contribution is -2.32. The summed E-state index contributed by atoms with van der Waals surface area (Å²) in [7, 11) is 1.55. The largest absolute Gasteiger partial charge is 0.314 e. The van der Waals surface area contributed by atoms with Crippen molar-refractivity contribution in [3.05, 3.63) is 0 Å². The van der Waals surface area contributed by atoms with Crippen molar-refractivity contribution in [2.75, 3.05) is 13.6 Å². The summed E-state index contributed by atoms with van der Waals surface area (Å²) in [6.07, 6.45) is 1.41. The van der Waals surface area contributed by atoms with E-state index in [0.29, 0.717) is 12.8 Å². The summed E-state index contributed by atoms with van der Waals surface area (Å²) in [6, 6.07) is 0. The van der Waals surface area contributed by atoms with E-state index < -0.39 is 5.92 Å². The van der Waals surface area contributed by atoms with Gasteiger partial charge in [0.25, 0.3) is 5.92 Å². The molecule has 0 spiro atoms. The molecule has 0 aromatic carbocycles. The third-order valence-electron chi connectivity index (χ3n) is 1.59. The Morgan fingerprint density at radius 2 is 2.11 bits per heavy atom. The Morgan fingerprint density at radius 3 is 2.44 bits per heavy atom. The monoisotopic (exact) mass is 135 g/mol. The van der Waals surface area contributed by atoms with Crippen molar-refractivity contribution in [2.24, 2.45) is 5.92 Å². The van der Waals surface area contributed by atoms with Crippen molar-refractivity contribution in [2.45, 2.75) is 18.8 Å². The van der Waals surface area contributed by atoms with E-state index in [1.165, 1.54) is 0 Å². The Labute approximate surface area is 53.4 Å². The molecule has 0 aliphatic heterocycles. The first-order valence-corrected chi connectivity index (χ1v) is 3.19. The van der Waals surface area contributed by atoms with Crippen LogP contribution in [0.1, 0.15) is 12.8 Å². The fourth-order valence-corrected chi connectivity index (χ4v) is 0.886. The second kappa shape index (κ2) is 2.21. The lowest BCUT2D eigenvalue weighted by Gasteiger charge is -2.13.